The lowest BCUT2D eigenvalue weighted by molar-refractivity contribution is 0.178. The quantitative estimate of drug-likeness (QED) is 0.894. The van der Waals surface area contributed by atoms with Gasteiger partial charge in [-0.15, -0.1) is 0 Å². The van der Waals surface area contributed by atoms with Crippen molar-refractivity contribution in [3.05, 3.63) is 11.9 Å². The van der Waals surface area contributed by atoms with Gasteiger partial charge < -0.3 is 15.0 Å². The van der Waals surface area contributed by atoms with Crippen molar-refractivity contribution in [2.45, 2.75) is 32.8 Å². The van der Waals surface area contributed by atoms with E-state index in [1.165, 1.54) is 19.3 Å². The van der Waals surface area contributed by atoms with Gasteiger partial charge in [0.25, 0.3) is 0 Å². The molecule has 110 valence electrons. The van der Waals surface area contributed by atoms with Crippen molar-refractivity contribution in [2.75, 3.05) is 37.0 Å². The van der Waals surface area contributed by atoms with Crippen LogP contribution in [0.4, 0.5) is 11.6 Å². The molecule has 2 aliphatic rings. The van der Waals surface area contributed by atoms with Crippen LogP contribution in [0.3, 0.4) is 0 Å². The highest BCUT2D eigenvalue weighted by Gasteiger charge is 2.36. The Kier molecular flexibility index (Phi) is 4.05. The molecule has 0 radical (unpaired) electrons. The Bertz CT molecular complexity index is 429. The minimum atomic E-state index is 0.465. The van der Waals surface area contributed by atoms with Crippen molar-refractivity contribution in [3.63, 3.8) is 0 Å². The summed E-state index contributed by atoms with van der Waals surface area (Å²) in [5.41, 5.74) is 0. The van der Waals surface area contributed by atoms with E-state index in [4.69, 9.17) is 4.74 Å². The van der Waals surface area contributed by atoms with Gasteiger partial charge in [-0.25, -0.2) is 9.97 Å². The SMILES string of the molecule is CCNc1cc(N2CC3CCCC3C2)nc(COC)n1. The van der Waals surface area contributed by atoms with Crippen LogP contribution in [0.5, 0.6) is 0 Å². The molecule has 2 unspecified atom stereocenters. The zero-order valence-electron chi connectivity index (χ0n) is 12.4. The summed E-state index contributed by atoms with van der Waals surface area (Å²) in [6.07, 6.45) is 4.18. The average Bonchev–Trinajstić information content (AvgIpc) is 3.00. The van der Waals surface area contributed by atoms with Crippen molar-refractivity contribution in [3.8, 4) is 0 Å². The first-order chi connectivity index (χ1) is 9.80. The van der Waals surface area contributed by atoms with Gasteiger partial charge in [-0.2, -0.15) is 0 Å². The van der Waals surface area contributed by atoms with Crippen LogP contribution in [0.2, 0.25) is 0 Å². The van der Waals surface area contributed by atoms with Crippen molar-refractivity contribution >= 4 is 11.6 Å². The zero-order valence-corrected chi connectivity index (χ0v) is 12.4. The molecule has 5 nitrogen and oxygen atoms in total. The van der Waals surface area contributed by atoms with Gasteiger partial charge in [0.15, 0.2) is 5.82 Å². The zero-order chi connectivity index (χ0) is 13.9. The van der Waals surface area contributed by atoms with Crippen molar-refractivity contribution in [2.24, 2.45) is 11.8 Å². The number of hydrogen-bond acceptors (Lipinski definition) is 5. The van der Waals surface area contributed by atoms with Crippen molar-refractivity contribution < 1.29 is 4.74 Å². The lowest BCUT2D eigenvalue weighted by Crippen LogP contribution is -2.23. The number of nitrogens with one attached hydrogen (secondary N) is 1. The summed E-state index contributed by atoms with van der Waals surface area (Å²) in [6, 6.07) is 2.07. The fraction of sp³-hybridized carbons (Fsp3) is 0.733. The highest BCUT2D eigenvalue weighted by atomic mass is 16.5. The molecule has 0 spiro atoms. The third-order valence-electron chi connectivity index (χ3n) is 4.44. The minimum absolute atomic E-state index is 0.465. The molecule has 1 aliphatic heterocycles. The number of ether oxygens (including phenoxy) is 1. The Morgan fingerprint density at radius 1 is 1.30 bits per heavy atom. The second kappa shape index (κ2) is 5.95. The lowest BCUT2D eigenvalue weighted by atomic mass is 10.0. The predicted molar refractivity (Wildman–Crippen MR) is 80.0 cm³/mol. The Morgan fingerprint density at radius 2 is 2.05 bits per heavy atom. The van der Waals surface area contributed by atoms with Gasteiger partial charge in [0.1, 0.15) is 18.2 Å². The molecular formula is C15H24N4O. The molecule has 1 aromatic rings. The Balaban J connectivity index is 1.80. The summed E-state index contributed by atoms with van der Waals surface area (Å²) in [5.74, 6) is 4.47. The molecule has 1 aliphatic carbocycles. The Labute approximate surface area is 120 Å². The van der Waals surface area contributed by atoms with Gasteiger partial charge in [0.2, 0.25) is 0 Å². The largest absolute Gasteiger partial charge is 0.377 e. The lowest BCUT2D eigenvalue weighted by Gasteiger charge is -2.20. The highest BCUT2D eigenvalue weighted by molar-refractivity contribution is 5.50. The van der Waals surface area contributed by atoms with E-state index >= 15 is 0 Å². The van der Waals surface area contributed by atoms with E-state index in [-0.39, 0.29) is 0 Å². The molecule has 1 N–H and O–H groups in total. The highest BCUT2D eigenvalue weighted by Crippen LogP contribution is 2.39. The molecule has 2 atom stereocenters. The maximum absolute atomic E-state index is 5.18. The van der Waals surface area contributed by atoms with Crippen molar-refractivity contribution in [1.29, 1.82) is 0 Å². The molecule has 20 heavy (non-hydrogen) atoms. The van der Waals surface area contributed by atoms with Crippen LogP contribution < -0.4 is 10.2 Å². The molecule has 1 aromatic heterocycles. The van der Waals surface area contributed by atoms with Crippen LogP contribution in [-0.4, -0.2) is 36.7 Å². The maximum Gasteiger partial charge on any atom is 0.158 e. The standard InChI is InChI=1S/C15H24N4O/c1-3-16-13-7-15(18-14(17-13)10-20-2)19-8-11-5-4-6-12(11)9-19/h7,11-12H,3-6,8-10H2,1-2H3,(H,16,17,18). The molecule has 1 saturated carbocycles. The molecule has 0 bridgehead atoms. The van der Waals surface area contributed by atoms with Gasteiger partial charge in [0.05, 0.1) is 0 Å². The molecule has 1 saturated heterocycles. The summed E-state index contributed by atoms with van der Waals surface area (Å²) >= 11 is 0. The number of nitrogens with zero attached hydrogens (tertiary/aromatic N) is 3. The number of methoxy groups -OCH3 is 1. The third-order valence-corrected chi connectivity index (χ3v) is 4.44. The summed E-state index contributed by atoms with van der Waals surface area (Å²) in [6.45, 7) is 5.72. The fourth-order valence-corrected chi connectivity index (χ4v) is 3.53. The molecule has 2 heterocycles. The van der Waals surface area contributed by atoms with Gasteiger partial charge in [-0.05, 0) is 31.6 Å². The van der Waals surface area contributed by atoms with E-state index in [1.807, 2.05) is 0 Å². The number of rotatable bonds is 5. The van der Waals surface area contributed by atoms with Crippen LogP contribution in [-0.2, 0) is 11.3 Å². The number of anilines is 2. The second-order valence-electron chi connectivity index (χ2n) is 5.85. The van der Waals surface area contributed by atoms with Crippen LogP contribution in [0.25, 0.3) is 0 Å². The van der Waals surface area contributed by atoms with E-state index in [0.29, 0.717) is 6.61 Å². The molecular weight excluding hydrogens is 252 g/mol. The minimum Gasteiger partial charge on any atom is -0.377 e. The fourth-order valence-electron chi connectivity index (χ4n) is 3.53. The van der Waals surface area contributed by atoms with Crippen LogP contribution >= 0.6 is 0 Å². The molecule has 0 amide bonds. The summed E-state index contributed by atoms with van der Waals surface area (Å²) < 4.78 is 5.18. The van der Waals surface area contributed by atoms with E-state index in [0.717, 1.165) is 48.9 Å². The molecule has 3 rings (SSSR count). The first-order valence-electron chi connectivity index (χ1n) is 7.66. The Hall–Kier alpha value is -1.36. The van der Waals surface area contributed by atoms with E-state index in [2.05, 4.69) is 33.2 Å². The third kappa shape index (κ3) is 2.73. The van der Waals surface area contributed by atoms with E-state index < -0.39 is 0 Å². The van der Waals surface area contributed by atoms with Gasteiger partial charge in [-0.1, -0.05) is 6.42 Å². The van der Waals surface area contributed by atoms with Crippen molar-refractivity contribution in [1.82, 2.24) is 9.97 Å². The molecule has 0 aromatic carbocycles. The smallest absolute Gasteiger partial charge is 0.158 e. The molecule has 2 fully saturated rings. The van der Waals surface area contributed by atoms with Gasteiger partial charge >= 0.3 is 0 Å². The maximum atomic E-state index is 5.18. The van der Waals surface area contributed by atoms with Gasteiger partial charge in [0, 0.05) is 32.8 Å². The van der Waals surface area contributed by atoms with Gasteiger partial charge in [-0.3, -0.25) is 0 Å². The van der Waals surface area contributed by atoms with Crippen LogP contribution in [0.1, 0.15) is 32.0 Å². The second-order valence-corrected chi connectivity index (χ2v) is 5.85. The first-order valence-corrected chi connectivity index (χ1v) is 7.66. The average molecular weight is 276 g/mol. The molecule has 5 heteroatoms. The summed E-state index contributed by atoms with van der Waals surface area (Å²) in [7, 11) is 1.68. The summed E-state index contributed by atoms with van der Waals surface area (Å²) in [4.78, 5) is 11.6. The summed E-state index contributed by atoms with van der Waals surface area (Å²) in [5, 5.41) is 3.29. The Morgan fingerprint density at radius 3 is 2.70 bits per heavy atom. The van der Waals surface area contributed by atoms with Crippen LogP contribution in [0, 0.1) is 11.8 Å². The predicted octanol–water partition coefficient (Wildman–Crippen LogP) is 2.29. The number of fused-ring (bicyclic) bond motifs is 1. The monoisotopic (exact) mass is 276 g/mol. The van der Waals surface area contributed by atoms with E-state index in [9.17, 15) is 0 Å². The number of aromatic nitrogens is 2. The van der Waals surface area contributed by atoms with E-state index in [1.54, 1.807) is 7.11 Å². The first kappa shape index (κ1) is 13.6. The van der Waals surface area contributed by atoms with Crippen LogP contribution in [0.15, 0.2) is 6.07 Å². The topological polar surface area (TPSA) is 50.3 Å². The number of hydrogen-bond donors (Lipinski definition) is 1. The normalized spacial score (nSPS) is 25.0.